The second kappa shape index (κ2) is 8.11. The number of methoxy groups -OCH3 is 1. The third-order valence-electron chi connectivity index (χ3n) is 6.73. The number of rotatable bonds is 4. The van der Waals surface area contributed by atoms with Crippen molar-refractivity contribution in [2.45, 2.75) is 38.4 Å². The first-order chi connectivity index (χ1) is 15.5. The van der Waals surface area contributed by atoms with E-state index in [1.54, 1.807) is 19.1 Å². The van der Waals surface area contributed by atoms with E-state index in [0.29, 0.717) is 0 Å². The van der Waals surface area contributed by atoms with Crippen molar-refractivity contribution in [2.24, 2.45) is 0 Å². The van der Waals surface area contributed by atoms with Gasteiger partial charge in [0.05, 0.1) is 19.3 Å². The highest BCUT2D eigenvalue weighted by Gasteiger charge is 2.56. The molecule has 2 aromatic carbocycles. The highest BCUT2D eigenvalue weighted by atomic mass is 16.5. The van der Waals surface area contributed by atoms with Crippen molar-refractivity contribution in [2.75, 3.05) is 32.1 Å². The number of fused-ring (bicyclic) bond motifs is 3. The van der Waals surface area contributed by atoms with Gasteiger partial charge < -0.3 is 14.5 Å². The largest absolute Gasteiger partial charge is 0.495 e. The number of hydrogen-bond donors (Lipinski definition) is 1. The Morgan fingerprint density at radius 1 is 1.06 bits per heavy atom. The molecule has 8 nitrogen and oxygen atoms in total. The van der Waals surface area contributed by atoms with Crippen LogP contribution in [0.1, 0.15) is 17.5 Å². The maximum atomic E-state index is 13.6. The fourth-order valence-electron chi connectivity index (χ4n) is 5.05. The Labute approximate surface area is 188 Å². The zero-order valence-electron chi connectivity index (χ0n) is 18.7. The summed E-state index contributed by atoms with van der Waals surface area (Å²) in [5, 5.41) is 3.55. The number of imide groups is 1. The Kier molecular flexibility index (Phi) is 5.27. The summed E-state index contributed by atoms with van der Waals surface area (Å²) in [6.07, 6.45) is 0.362. The number of urea groups is 1. The molecule has 3 unspecified atom stereocenters. The molecule has 32 heavy (non-hydrogen) atoms. The maximum absolute atomic E-state index is 13.6. The number of anilines is 1. The molecule has 168 valence electrons. The van der Waals surface area contributed by atoms with Crippen molar-refractivity contribution in [1.29, 1.82) is 0 Å². The minimum absolute atomic E-state index is 0.143. The average Bonchev–Trinajstić information content (AvgIpc) is 3.22. The van der Waals surface area contributed by atoms with Crippen molar-refractivity contribution in [3.63, 3.8) is 0 Å². The second-order valence-corrected chi connectivity index (χ2v) is 8.69. The lowest BCUT2D eigenvalue weighted by atomic mass is 10.1. The predicted octanol–water partition coefficient (Wildman–Crippen LogP) is 2.19. The monoisotopic (exact) mass is 435 g/mol. The van der Waals surface area contributed by atoms with Gasteiger partial charge in [-0.2, -0.15) is 0 Å². The van der Waals surface area contributed by atoms with E-state index in [2.05, 4.69) is 15.1 Å². The minimum atomic E-state index is -0.425. The lowest BCUT2D eigenvalue weighted by Gasteiger charge is -2.44. The molecule has 3 aliphatic heterocycles. The summed E-state index contributed by atoms with van der Waals surface area (Å²) in [6.45, 7) is 3.93. The summed E-state index contributed by atoms with van der Waals surface area (Å²) >= 11 is 0. The summed E-state index contributed by atoms with van der Waals surface area (Å²) in [6, 6.07) is 15.2. The van der Waals surface area contributed by atoms with E-state index in [-0.39, 0.29) is 30.9 Å². The van der Waals surface area contributed by atoms with Gasteiger partial charge in [0, 0.05) is 20.1 Å². The molecule has 3 heterocycles. The van der Waals surface area contributed by atoms with Gasteiger partial charge in [0.2, 0.25) is 0 Å². The predicted molar refractivity (Wildman–Crippen MR) is 121 cm³/mol. The van der Waals surface area contributed by atoms with Crippen LogP contribution in [0.25, 0.3) is 0 Å². The molecule has 0 spiro atoms. The summed E-state index contributed by atoms with van der Waals surface area (Å²) in [4.78, 5) is 34.2. The van der Waals surface area contributed by atoms with Crippen molar-refractivity contribution in [1.82, 2.24) is 20.0 Å². The fraction of sp³-hybridized carbons (Fsp3) is 0.417. The third kappa shape index (κ3) is 3.30. The van der Waals surface area contributed by atoms with E-state index < -0.39 is 6.04 Å². The molecule has 0 aromatic heterocycles. The highest BCUT2D eigenvalue weighted by molar-refractivity contribution is 6.00. The normalized spacial score (nSPS) is 25.7. The van der Waals surface area contributed by atoms with Crippen molar-refractivity contribution in [3.8, 4) is 5.75 Å². The summed E-state index contributed by atoms with van der Waals surface area (Å²) in [5.74, 6) is 0.651. The smallest absolute Gasteiger partial charge is 0.328 e. The topological polar surface area (TPSA) is 68.4 Å². The number of nitrogens with zero attached hydrogens (tertiary/aromatic N) is 4. The molecule has 0 aliphatic carbocycles. The van der Waals surface area contributed by atoms with E-state index in [9.17, 15) is 9.59 Å². The standard InChI is InChI=1S/C24H29N5O3/c1-16-9-11-17(12-10-16)15-29-22(30)20-21(26(2)24(29)31)25-23-27(13-6-14-28(20)23)18-7-4-5-8-19(18)32-3/h4-5,7-12,20-21,23,25H,6,13-15H2,1-3H3. The Hall–Kier alpha value is -3.10. The summed E-state index contributed by atoms with van der Waals surface area (Å²) in [7, 11) is 3.44. The fourth-order valence-corrected chi connectivity index (χ4v) is 5.05. The molecule has 2 aromatic rings. The first-order valence-corrected chi connectivity index (χ1v) is 11.0. The van der Waals surface area contributed by atoms with Gasteiger partial charge in [-0.25, -0.2) is 4.79 Å². The molecule has 0 bridgehead atoms. The van der Waals surface area contributed by atoms with E-state index in [1.165, 1.54) is 4.90 Å². The number of amides is 3. The first-order valence-electron chi connectivity index (χ1n) is 11.0. The van der Waals surface area contributed by atoms with Gasteiger partial charge in [0.25, 0.3) is 5.91 Å². The summed E-state index contributed by atoms with van der Waals surface area (Å²) < 4.78 is 5.59. The Balaban J connectivity index is 1.44. The summed E-state index contributed by atoms with van der Waals surface area (Å²) in [5.41, 5.74) is 3.07. The Morgan fingerprint density at radius 2 is 1.81 bits per heavy atom. The second-order valence-electron chi connectivity index (χ2n) is 8.69. The zero-order chi connectivity index (χ0) is 22.4. The van der Waals surface area contributed by atoms with Gasteiger partial charge in [-0.1, -0.05) is 42.0 Å². The molecular weight excluding hydrogens is 406 g/mol. The number of benzene rings is 2. The maximum Gasteiger partial charge on any atom is 0.328 e. The quantitative estimate of drug-likeness (QED) is 0.794. The van der Waals surface area contributed by atoms with Crippen LogP contribution in [0.3, 0.4) is 0 Å². The number of aryl methyl sites for hydroxylation is 1. The van der Waals surface area contributed by atoms with Crippen LogP contribution in [-0.4, -0.2) is 72.4 Å². The zero-order valence-corrected chi connectivity index (χ0v) is 18.7. The van der Waals surface area contributed by atoms with Crippen LogP contribution in [-0.2, 0) is 11.3 Å². The minimum Gasteiger partial charge on any atom is -0.495 e. The Morgan fingerprint density at radius 3 is 2.56 bits per heavy atom. The van der Waals surface area contributed by atoms with Crippen molar-refractivity contribution in [3.05, 3.63) is 59.7 Å². The number of ether oxygens (including phenoxy) is 1. The van der Waals surface area contributed by atoms with Crippen molar-refractivity contribution < 1.29 is 14.3 Å². The van der Waals surface area contributed by atoms with Gasteiger partial charge in [-0.05, 0) is 31.0 Å². The molecular formula is C24H29N5O3. The van der Waals surface area contributed by atoms with Crippen LogP contribution >= 0.6 is 0 Å². The van der Waals surface area contributed by atoms with Gasteiger partial charge in [-0.15, -0.1) is 0 Å². The Bertz CT molecular complexity index is 1030. The van der Waals surface area contributed by atoms with E-state index in [4.69, 9.17) is 4.74 Å². The molecule has 3 atom stereocenters. The lowest BCUT2D eigenvalue weighted by Crippen LogP contribution is -2.66. The molecule has 8 heteroatoms. The van der Waals surface area contributed by atoms with Gasteiger partial charge >= 0.3 is 6.03 Å². The van der Waals surface area contributed by atoms with E-state index >= 15 is 0 Å². The number of carbonyl (C=O) groups excluding carboxylic acids is 2. The molecule has 1 N–H and O–H groups in total. The molecule has 3 fully saturated rings. The molecule has 0 saturated carbocycles. The number of para-hydroxylation sites is 2. The molecule has 3 aliphatic rings. The van der Waals surface area contributed by atoms with E-state index in [1.807, 2.05) is 55.5 Å². The molecule has 3 amide bonds. The van der Waals surface area contributed by atoms with Gasteiger partial charge in [0.15, 0.2) is 0 Å². The van der Waals surface area contributed by atoms with Crippen LogP contribution in [0, 0.1) is 6.92 Å². The SMILES string of the molecule is COc1ccccc1N1CCCN2C3C(=O)N(Cc4ccc(C)cc4)C(=O)N(C)C3NC12. The third-order valence-corrected chi connectivity index (χ3v) is 6.73. The van der Waals surface area contributed by atoms with E-state index in [0.717, 1.165) is 42.1 Å². The number of nitrogens with one attached hydrogen (secondary N) is 1. The van der Waals surface area contributed by atoms with Crippen LogP contribution in [0.15, 0.2) is 48.5 Å². The molecule has 5 rings (SSSR count). The number of likely N-dealkylation sites (N-methyl/N-ethyl adjacent to an activating group) is 1. The van der Waals surface area contributed by atoms with Crippen LogP contribution in [0.4, 0.5) is 10.5 Å². The van der Waals surface area contributed by atoms with Gasteiger partial charge in [-0.3, -0.25) is 19.9 Å². The van der Waals surface area contributed by atoms with Crippen molar-refractivity contribution >= 4 is 17.6 Å². The average molecular weight is 436 g/mol. The highest BCUT2D eigenvalue weighted by Crippen LogP contribution is 2.36. The number of hydrogen-bond acceptors (Lipinski definition) is 6. The number of carbonyl (C=O) groups is 2. The van der Waals surface area contributed by atoms with Crippen LogP contribution in [0.5, 0.6) is 5.75 Å². The lowest BCUT2D eigenvalue weighted by molar-refractivity contribution is -0.139. The van der Waals surface area contributed by atoms with Crippen LogP contribution < -0.4 is 15.0 Å². The molecule has 3 saturated heterocycles. The molecule has 0 radical (unpaired) electrons. The first kappa shape index (κ1) is 20.8. The van der Waals surface area contributed by atoms with Crippen LogP contribution in [0.2, 0.25) is 0 Å². The van der Waals surface area contributed by atoms with Gasteiger partial charge in [0.1, 0.15) is 24.2 Å².